The number of hydrogen-bond donors (Lipinski definition) is 2. The van der Waals surface area contributed by atoms with Crippen LogP contribution in [0.2, 0.25) is 10.2 Å². The van der Waals surface area contributed by atoms with Crippen molar-refractivity contribution in [1.82, 2.24) is 19.4 Å². The maximum Gasteiger partial charge on any atom is 0.278 e. The standard InChI is InChI=1S/C21H12Cl2FN5O/c22-13-6-12(7-14(24)9-13)11-4-5-15-16(8-11)27-21(26-15)28-20(30)17-10-29-18(23)2-1-3-19(29)25-17/h1-10H,(H2,26,27,28,30). The van der Waals surface area contributed by atoms with Crippen molar-refractivity contribution in [1.29, 1.82) is 0 Å². The molecule has 5 rings (SSSR count). The van der Waals surface area contributed by atoms with Crippen LogP contribution >= 0.6 is 23.2 Å². The van der Waals surface area contributed by atoms with Crippen LogP contribution in [0, 0.1) is 5.82 Å². The highest BCUT2D eigenvalue weighted by atomic mass is 35.5. The third-order valence-corrected chi connectivity index (χ3v) is 5.11. The molecule has 0 bridgehead atoms. The number of benzene rings is 2. The molecule has 0 aliphatic heterocycles. The van der Waals surface area contributed by atoms with Crippen LogP contribution in [-0.4, -0.2) is 25.3 Å². The Morgan fingerprint density at radius 1 is 1.03 bits per heavy atom. The fraction of sp³-hybridized carbons (Fsp3) is 0. The van der Waals surface area contributed by atoms with E-state index < -0.39 is 11.7 Å². The zero-order valence-electron chi connectivity index (χ0n) is 15.2. The Kier molecular flexibility index (Phi) is 4.42. The van der Waals surface area contributed by atoms with Crippen molar-refractivity contribution >= 4 is 51.7 Å². The number of amides is 1. The van der Waals surface area contributed by atoms with Crippen LogP contribution in [0.25, 0.3) is 27.8 Å². The molecule has 6 nitrogen and oxygen atoms in total. The van der Waals surface area contributed by atoms with E-state index in [-0.39, 0.29) is 11.6 Å². The molecule has 0 aliphatic carbocycles. The van der Waals surface area contributed by atoms with Crippen LogP contribution in [0.5, 0.6) is 0 Å². The van der Waals surface area contributed by atoms with Crippen molar-refractivity contribution in [3.63, 3.8) is 0 Å². The number of imidazole rings is 2. The van der Waals surface area contributed by atoms with Crippen LogP contribution in [0.15, 0.2) is 60.8 Å². The second-order valence-corrected chi connectivity index (χ2v) is 7.46. The van der Waals surface area contributed by atoms with Gasteiger partial charge in [0.25, 0.3) is 5.91 Å². The summed E-state index contributed by atoms with van der Waals surface area (Å²) >= 11 is 12.1. The highest BCUT2D eigenvalue weighted by Crippen LogP contribution is 2.27. The first kappa shape index (κ1) is 18.6. The van der Waals surface area contributed by atoms with Gasteiger partial charge in [-0.1, -0.05) is 35.3 Å². The van der Waals surface area contributed by atoms with Gasteiger partial charge in [-0.15, -0.1) is 0 Å². The van der Waals surface area contributed by atoms with Crippen LogP contribution in [-0.2, 0) is 0 Å². The van der Waals surface area contributed by atoms with Crippen LogP contribution in [0.4, 0.5) is 10.3 Å². The van der Waals surface area contributed by atoms with E-state index >= 15 is 0 Å². The Morgan fingerprint density at radius 2 is 1.90 bits per heavy atom. The molecule has 2 aromatic carbocycles. The van der Waals surface area contributed by atoms with Gasteiger partial charge in [0.05, 0.1) is 11.0 Å². The van der Waals surface area contributed by atoms with E-state index in [1.165, 1.54) is 12.1 Å². The molecule has 0 fully saturated rings. The minimum absolute atomic E-state index is 0.207. The molecule has 30 heavy (non-hydrogen) atoms. The summed E-state index contributed by atoms with van der Waals surface area (Å²) in [6.45, 7) is 0. The molecular formula is C21H12Cl2FN5O. The number of nitrogens with zero attached hydrogens (tertiary/aromatic N) is 3. The van der Waals surface area contributed by atoms with Gasteiger partial charge in [-0.2, -0.15) is 0 Å². The van der Waals surface area contributed by atoms with Gasteiger partial charge in [0.1, 0.15) is 22.3 Å². The lowest BCUT2D eigenvalue weighted by atomic mass is 10.1. The number of halogens is 3. The normalized spacial score (nSPS) is 11.3. The summed E-state index contributed by atoms with van der Waals surface area (Å²) in [4.78, 5) is 24.3. The summed E-state index contributed by atoms with van der Waals surface area (Å²) in [5.74, 6) is -0.571. The molecule has 0 saturated heterocycles. The minimum Gasteiger partial charge on any atom is -0.324 e. The van der Waals surface area contributed by atoms with E-state index in [0.717, 1.165) is 11.1 Å². The Bertz CT molecular complexity index is 1420. The van der Waals surface area contributed by atoms with Crippen molar-refractivity contribution in [3.8, 4) is 11.1 Å². The van der Waals surface area contributed by atoms with E-state index in [1.54, 1.807) is 47.0 Å². The van der Waals surface area contributed by atoms with Crippen molar-refractivity contribution in [3.05, 3.63) is 82.5 Å². The molecule has 0 unspecified atom stereocenters. The third-order valence-electron chi connectivity index (χ3n) is 4.59. The number of H-pyrrole nitrogens is 1. The van der Waals surface area contributed by atoms with Gasteiger partial charge in [0, 0.05) is 11.2 Å². The average Bonchev–Trinajstić information content (AvgIpc) is 3.31. The monoisotopic (exact) mass is 439 g/mol. The maximum atomic E-state index is 13.7. The Labute approximate surface area is 179 Å². The molecule has 1 amide bonds. The number of nitrogens with one attached hydrogen (secondary N) is 2. The second-order valence-electron chi connectivity index (χ2n) is 6.63. The molecule has 2 N–H and O–H groups in total. The highest BCUT2D eigenvalue weighted by molar-refractivity contribution is 6.31. The lowest BCUT2D eigenvalue weighted by molar-refractivity contribution is 0.102. The summed E-state index contributed by atoms with van der Waals surface area (Å²) in [5, 5.41) is 3.46. The lowest BCUT2D eigenvalue weighted by Gasteiger charge is -2.03. The predicted molar refractivity (Wildman–Crippen MR) is 115 cm³/mol. The second kappa shape index (κ2) is 7.12. The Hall–Kier alpha value is -3.42. The molecule has 0 aliphatic rings. The van der Waals surface area contributed by atoms with Crippen LogP contribution in [0.1, 0.15) is 10.5 Å². The molecule has 5 aromatic rings. The summed E-state index contributed by atoms with van der Waals surface area (Å²) in [7, 11) is 0. The number of carbonyl (C=O) groups excluding carboxylic acids is 1. The van der Waals surface area contributed by atoms with Crippen molar-refractivity contribution in [2.24, 2.45) is 0 Å². The summed E-state index contributed by atoms with van der Waals surface area (Å²) in [6.07, 6.45) is 1.56. The summed E-state index contributed by atoms with van der Waals surface area (Å²) in [5.41, 5.74) is 3.49. The number of hydrogen-bond acceptors (Lipinski definition) is 3. The number of pyridine rings is 1. The topological polar surface area (TPSA) is 75.1 Å². The zero-order valence-corrected chi connectivity index (χ0v) is 16.7. The molecule has 0 saturated carbocycles. The Morgan fingerprint density at radius 3 is 2.70 bits per heavy atom. The van der Waals surface area contributed by atoms with Crippen LogP contribution in [0.3, 0.4) is 0 Å². The van der Waals surface area contributed by atoms with E-state index in [4.69, 9.17) is 23.2 Å². The number of fused-ring (bicyclic) bond motifs is 2. The SMILES string of the molecule is O=C(Nc1nc2cc(-c3cc(F)cc(Cl)c3)ccc2[nH]1)c1cn2c(Cl)cccc2n1. The molecule has 0 atom stereocenters. The maximum absolute atomic E-state index is 13.7. The van der Waals surface area contributed by atoms with Crippen molar-refractivity contribution in [2.75, 3.05) is 5.32 Å². The van der Waals surface area contributed by atoms with Crippen LogP contribution < -0.4 is 5.32 Å². The van der Waals surface area contributed by atoms with E-state index in [9.17, 15) is 9.18 Å². The van der Waals surface area contributed by atoms with Gasteiger partial charge < -0.3 is 4.98 Å². The van der Waals surface area contributed by atoms with Gasteiger partial charge in [-0.3, -0.25) is 14.5 Å². The average molecular weight is 440 g/mol. The molecule has 3 aromatic heterocycles. The first-order valence-corrected chi connectivity index (χ1v) is 9.63. The zero-order chi connectivity index (χ0) is 20.8. The number of anilines is 1. The molecule has 0 spiro atoms. The molecule has 0 radical (unpaired) electrons. The third kappa shape index (κ3) is 3.38. The fourth-order valence-corrected chi connectivity index (χ4v) is 3.65. The van der Waals surface area contributed by atoms with Crippen molar-refractivity contribution < 1.29 is 9.18 Å². The van der Waals surface area contributed by atoms with Gasteiger partial charge in [0.2, 0.25) is 5.95 Å². The van der Waals surface area contributed by atoms with Gasteiger partial charge in [0.15, 0.2) is 0 Å². The van der Waals surface area contributed by atoms with E-state index in [1.807, 2.05) is 6.07 Å². The molecule has 9 heteroatoms. The largest absolute Gasteiger partial charge is 0.324 e. The fourth-order valence-electron chi connectivity index (χ4n) is 3.22. The van der Waals surface area contributed by atoms with Gasteiger partial charge >= 0.3 is 0 Å². The van der Waals surface area contributed by atoms with Gasteiger partial charge in [-0.25, -0.2) is 14.4 Å². The predicted octanol–water partition coefficient (Wildman–Crippen LogP) is 5.58. The van der Waals surface area contributed by atoms with Gasteiger partial charge in [-0.05, 0) is 53.6 Å². The number of aromatic amines is 1. The molecular weight excluding hydrogens is 428 g/mol. The molecule has 3 heterocycles. The van der Waals surface area contributed by atoms with E-state index in [2.05, 4.69) is 20.3 Å². The minimum atomic E-state index is -0.425. The lowest BCUT2D eigenvalue weighted by Crippen LogP contribution is -2.13. The number of rotatable bonds is 3. The Balaban J connectivity index is 1.44. The summed E-state index contributed by atoms with van der Waals surface area (Å²) in [6, 6.07) is 15.0. The first-order valence-electron chi connectivity index (χ1n) is 8.87. The highest BCUT2D eigenvalue weighted by Gasteiger charge is 2.14. The smallest absolute Gasteiger partial charge is 0.278 e. The first-order chi connectivity index (χ1) is 14.5. The molecule has 148 valence electrons. The number of aromatic nitrogens is 4. The quantitative estimate of drug-likeness (QED) is 0.360. The van der Waals surface area contributed by atoms with E-state index in [0.29, 0.717) is 26.9 Å². The number of carbonyl (C=O) groups is 1. The van der Waals surface area contributed by atoms with Crippen molar-refractivity contribution in [2.45, 2.75) is 0 Å². The summed E-state index contributed by atoms with van der Waals surface area (Å²) < 4.78 is 15.3.